The fourth-order valence-corrected chi connectivity index (χ4v) is 2.77. The smallest absolute Gasteiger partial charge is 0.105 e. The minimum atomic E-state index is -0.574. The van der Waals surface area contributed by atoms with Crippen molar-refractivity contribution in [3.05, 3.63) is 49.6 Å². The third-order valence-electron chi connectivity index (χ3n) is 2.37. The van der Waals surface area contributed by atoms with Gasteiger partial charge in [0.15, 0.2) is 0 Å². The van der Waals surface area contributed by atoms with E-state index in [-0.39, 0.29) is 0 Å². The molecule has 0 bridgehead atoms. The lowest BCUT2D eigenvalue weighted by atomic mass is 10.2. The number of aliphatic hydroxyl groups excluding tert-OH is 1. The minimum absolute atomic E-state index is 0.359. The lowest BCUT2D eigenvalue weighted by molar-refractivity contribution is 0.195. The highest BCUT2D eigenvalue weighted by Crippen LogP contribution is 2.32. The Morgan fingerprint density at radius 2 is 1.89 bits per heavy atom. The molecule has 1 aromatic heterocycles. The predicted molar refractivity (Wildman–Crippen MR) is 79.2 cm³/mol. The number of halogens is 3. The van der Waals surface area contributed by atoms with E-state index in [9.17, 15) is 5.11 Å². The van der Waals surface area contributed by atoms with Gasteiger partial charge in [0.1, 0.15) is 6.10 Å². The Morgan fingerprint density at radius 3 is 2.56 bits per heavy atom. The number of aliphatic hydroxyl groups is 1. The summed E-state index contributed by atoms with van der Waals surface area (Å²) in [4.78, 5) is 0.902. The number of hydrogen-bond acceptors (Lipinski definition) is 3. The quantitative estimate of drug-likeness (QED) is 0.788. The van der Waals surface area contributed by atoms with E-state index in [2.05, 4.69) is 5.32 Å². The fourth-order valence-electron chi connectivity index (χ4n) is 1.45. The van der Waals surface area contributed by atoms with Gasteiger partial charge < -0.3 is 10.4 Å². The van der Waals surface area contributed by atoms with Crippen LogP contribution in [0.4, 0.5) is 5.69 Å². The summed E-state index contributed by atoms with van der Waals surface area (Å²) in [6.45, 7) is 0.359. The third kappa shape index (κ3) is 3.31. The van der Waals surface area contributed by atoms with Crippen LogP contribution in [0.15, 0.2) is 29.6 Å². The molecule has 0 saturated carbocycles. The Hall–Kier alpha value is -0.450. The zero-order valence-electron chi connectivity index (χ0n) is 9.16. The van der Waals surface area contributed by atoms with E-state index in [4.69, 9.17) is 34.8 Å². The molecule has 0 aliphatic heterocycles. The molecule has 1 heterocycles. The molecule has 0 spiro atoms. The third-order valence-corrected chi connectivity index (χ3v) is 4.38. The van der Waals surface area contributed by atoms with E-state index in [1.165, 1.54) is 11.3 Å². The molecule has 2 aromatic rings. The van der Waals surface area contributed by atoms with Crippen molar-refractivity contribution in [3.8, 4) is 0 Å². The molecule has 18 heavy (non-hydrogen) atoms. The maximum Gasteiger partial charge on any atom is 0.105 e. The summed E-state index contributed by atoms with van der Waals surface area (Å²) < 4.78 is 0. The van der Waals surface area contributed by atoms with Crippen LogP contribution >= 0.6 is 46.1 Å². The highest BCUT2D eigenvalue weighted by atomic mass is 35.5. The van der Waals surface area contributed by atoms with E-state index >= 15 is 0 Å². The highest BCUT2D eigenvalue weighted by molar-refractivity contribution is 7.10. The zero-order valence-corrected chi connectivity index (χ0v) is 12.2. The van der Waals surface area contributed by atoms with Gasteiger partial charge in [-0.15, -0.1) is 11.3 Å². The maximum absolute atomic E-state index is 9.93. The van der Waals surface area contributed by atoms with Gasteiger partial charge in [0.05, 0.1) is 20.8 Å². The van der Waals surface area contributed by atoms with Crippen LogP contribution in [0.5, 0.6) is 0 Å². The number of thiophene rings is 1. The van der Waals surface area contributed by atoms with Crippen molar-refractivity contribution in [1.29, 1.82) is 0 Å². The van der Waals surface area contributed by atoms with E-state index < -0.39 is 6.10 Å². The number of anilines is 1. The molecule has 1 aromatic carbocycles. The van der Waals surface area contributed by atoms with E-state index in [0.717, 1.165) is 4.88 Å². The zero-order chi connectivity index (χ0) is 13.1. The van der Waals surface area contributed by atoms with Crippen LogP contribution < -0.4 is 5.32 Å². The van der Waals surface area contributed by atoms with Gasteiger partial charge in [-0.05, 0) is 23.6 Å². The van der Waals surface area contributed by atoms with Gasteiger partial charge in [-0.1, -0.05) is 40.9 Å². The molecular formula is C12H10Cl3NOS. The number of benzene rings is 1. The lowest BCUT2D eigenvalue weighted by Crippen LogP contribution is -2.11. The van der Waals surface area contributed by atoms with Crippen molar-refractivity contribution >= 4 is 51.8 Å². The van der Waals surface area contributed by atoms with Crippen LogP contribution in [0.3, 0.4) is 0 Å². The molecule has 0 fully saturated rings. The number of nitrogens with one attached hydrogen (secondary N) is 1. The summed E-state index contributed by atoms with van der Waals surface area (Å²) in [5.74, 6) is 0. The molecule has 2 rings (SSSR count). The average molecular weight is 323 g/mol. The summed E-state index contributed by atoms with van der Waals surface area (Å²) >= 11 is 19.3. The predicted octanol–water partition coefficient (Wildman–Crippen LogP) is 4.85. The second kappa shape index (κ2) is 6.13. The Labute approximate surface area is 124 Å². The maximum atomic E-state index is 9.93. The molecular weight excluding hydrogens is 313 g/mol. The first-order chi connectivity index (χ1) is 8.58. The fraction of sp³-hybridized carbons (Fsp3) is 0.167. The summed E-state index contributed by atoms with van der Waals surface area (Å²) in [5, 5.41) is 16.2. The van der Waals surface area contributed by atoms with Crippen LogP contribution in [0.2, 0.25) is 15.1 Å². The molecule has 2 nitrogen and oxygen atoms in total. The normalized spacial score (nSPS) is 12.4. The lowest BCUT2D eigenvalue weighted by Gasteiger charge is -2.13. The molecule has 6 heteroatoms. The Kier molecular flexibility index (Phi) is 4.76. The second-order valence-electron chi connectivity index (χ2n) is 3.66. The summed E-state index contributed by atoms with van der Waals surface area (Å²) in [5.41, 5.74) is 0.654. The van der Waals surface area contributed by atoms with Crippen LogP contribution in [-0.4, -0.2) is 11.7 Å². The van der Waals surface area contributed by atoms with Gasteiger partial charge in [-0.3, -0.25) is 0 Å². The van der Waals surface area contributed by atoms with Crippen molar-refractivity contribution in [1.82, 2.24) is 0 Å². The largest absolute Gasteiger partial charge is 0.386 e. The molecule has 0 aliphatic carbocycles. The van der Waals surface area contributed by atoms with E-state index in [1.807, 2.05) is 17.5 Å². The highest BCUT2D eigenvalue weighted by Gasteiger charge is 2.10. The van der Waals surface area contributed by atoms with Crippen molar-refractivity contribution in [2.45, 2.75) is 6.10 Å². The minimum Gasteiger partial charge on any atom is -0.386 e. The van der Waals surface area contributed by atoms with Gasteiger partial charge >= 0.3 is 0 Å². The molecule has 1 unspecified atom stereocenters. The first-order valence-electron chi connectivity index (χ1n) is 5.18. The van der Waals surface area contributed by atoms with Gasteiger partial charge in [0.2, 0.25) is 0 Å². The summed E-state index contributed by atoms with van der Waals surface area (Å²) in [6, 6.07) is 7.00. The molecule has 0 radical (unpaired) electrons. The van der Waals surface area contributed by atoms with Crippen LogP contribution in [0.25, 0.3) is 0 Å². The Morgan fingerprint density at radius 1 is 1.17 bits per heavy atom. The van der Waals surface area contributed by atoms with Crippen molar-refractivity contribution in [2.75, 3.05) is 11.9 Å². The van der Waals surface area contributed by atoms with Crippen molar-refractivity contribution < 1.29 is 5.11 Å². The molecule has 0 aliphatic rings. The molecule has 0 amide bonds. The van der Waals surface area contributed by atoms with Gasteiger partial charge in [0.25, 0.3) is 0 Å². The number of hydrogen-bond donors (Lipinski definition) is 2. The Balaban J connectivity index is 2.04. The van der Waals surface area contributed by atoms with Gasteiger partial charge in [-0.25, -0.2) is 0 Å². The van der Waals surface area contributed by atoms with E-state index in [1.54, 1.807) is 12.1 Å². The SMILES string of the molecule is OC(CNc1cc(Cl)c(Cl)cc1Cl)c1cccs1. The van der Waals surface area contributed by atoms with Crippen LogP contribution in [-0.2, 0) is 0 Å². The first-order valence-corrected chi connectivity index (χ1v) is 7.19. The monoisotopic (exact) mass is 321 g/mol. The molecule has 2 N–H and O–H groups in total. The summed E-state index contributed by atoms with van der Waals surface area (Å²) in [6.07, 6.45) is -0.574. The van der Waals surface area contributed by atoms with E-state index in [0.29, 0.717) is 27.3 Å². The molecule has 0 saturated heterocycles. The van der Waals surface area contributed by atoms with Crippen LogP contribution in [0, 0.1) is 0 Å². The number of rotatable bonds is 4. The average Bonchev–Trinajstić information content (AvgIpc) is 2.85. The van der Waals surface area contributed by atoms with Gasteiger partial charge in [-0.2, -0.15) is 0 Å². The van der Waals surface area contributed by atoms with Crippen molar-refractivity contribution in [3.63, 3.8) is 0 Å². The standard InChI is InChI=1S/C12H10Cl3NOS/c13-7-4-9(15)10(5-8(7)14)16-6-11(17)12-2-1-3-18-12/h1-5,11,16-17H,6H2. The van der Waals surface area contributed by atoms with Crippen LogP contribution in [0.1, 0.15) is 11.0 Å². The van der Waals surface area contributed by atoms with Crippen molar-refractivity contribution in [2.24, 2.45) is 0 Å². The molecule has 96 valence electrons. The topological polar surface area (TPSA) is 32.3 Å². The Bertz CT molecular complexity index is 530. The molecule has 1 atom stereocenters. The van der Waals surface area contributed by atoms with Gasteiger partial charge in [0, 0.05) is 11.4 Å². The summed E-state index contributed by atoms with van der Waals surface area (Å²) in [7, 11) is 0. The second-order valence-corrected chi connectivity index (χ2v) is 5.86. The first kappa shape index (κ1) is 14.0.